The zero-order valence-electron chi connectivity index (χ0n) is 8.87. The standard InChI is InChI=1S/C11H8F7/c1-2-7-4-3-5-8(6-7)9(12,13)10(14,15)11(16,17)18/h3-6H,1-2H2. The van der Waals surface area contributed by atoms with Gasteiger partial charge in [0.1, 0.15) is 0 Å². The third kappa shape index (κ3) is 2.30. The average Bonchev–Trinajstić information content (AvgIpc) is 2.27. The van der Waals surface area contributed by atoms with Crippen LogP contribution >= 0.6 is 0 Å². The fraction of sp³-hybridized carbons (Fsp3) is 0.364. The lowest BCUT2D eigenvalue weighted by Crippen LogP contribution is -2.50. The summed E-state index contributed by atoms with van der Waals surface area (Å²) in [6.07, 6.45) is -6.32. The Labute approximate surface area is 98.4 Å². The normalized spacial score (nSPS) is 13.8. The quantitative estimate of drug-likeness (QED) is 0.718. The maximum absolute atomic E-state index is 13.3. The zero-order valence-corrected chi connectivity index (χ0v) is 8.87. The lowest BCUT2D eigenvalue weighted by molar-refractivity contribution is -0.359. The summed E-state index contributed by atoms with van der Waals surface area (Å²) in [4.78, 5) is 0. The first kappa shape index (κ1) is 14.8. The maximum atomic E-state index is 13.3. The molecule has 101 valence electrons. The zero-order chi connectivity index (χ0) is 14.2. The summed E-state index contributed by atoms with van der Waals surface area (Å²) in [5.74, 6) is -11.4. The highest BCUT2D eigenvalue weighted by atomic mass is 19.4. The molecule has 0 nitrogen and oxygen atoms in total. The average molecular weight is 273 g/mol. The van der Waals surface area contributed by atoms with Crippen molar-refractivity contribution in [1.82, 2.24) is 0 Å². The molecule has 1 radical (unpaired) electrons. The van der Waals surface area contributed by atoms with Gasteiger partial charge in [-0.3, -0.25) is 0 Å². The van der Waals surface area contributed by atoms with E-state index in [1.165, 1.54) is 6.07 Å². The Balaban J connectivity index is 3.28. The summed E-state index contributed by atoms with van der Waals surface area (Å²) in [6, 6.07) is 3.40. The number of alkyl halides is 7. The molecule has 18 heavy (non-hydrogen) atoms. The van der Waals surface area contributed by atoms with Crippen molar-refractivity contribution in [1.29, 1.82) is 0 Å². The van der Waals surface area contributed by atoms with Crippen LogP contribution in [0.25, 0.3) is 0 Å². The van der Waals surface area contributed by atoms with Gasteiger partial charge in [0, 0.05) is 5.56 Å². The van der Waals surface area contributed by atoms with Gasteiger partial charge in [0.05, 0.1) is 0 Å². The van der Waals surface area contributed by atoms with Gasteiger partial charge in [-0.2, -0.15) is 30.7 Å². The highest BCUT2D eigenvalue weighted by Gasteiger charge is 2.73. The lowest BCUT2D eigenvalue weighted by Gasteiger charge is -2.28. The van der Waals surface area contributed by atoms with Crippen LogP contribution in [0.4, 0.5) is 30.7 Å². The van der Waals surface area contributed by atoms with Gasteiger partial charge in [0.25, 0.3) is 0 Å². The number of hydrogen-bond donors (Lipinski definition) is 0. The molecule has 0 saturated carbocycles. The summed E-state index contributed by atoms with van der Waals surface area (Å²) in [7, 11) is 0. The second-order valence-corrected chi connectivity index (χ2v) is 3.60. The Bertz CT molecular complexity index is 420. The molecule has 0 aromatic heterocycles. The van der Waals surface area contributed by atoms with Crippen LogP contribution in [0.3, 0.4) is 0 Å². The minimum Gasteiger partial charge on any atom is -0.194 e. The van der Waals surface area contributed by atoms with Gasteiger partial charge in [0.2, 0.25) is 0 Å². The van der Waals surface area contributed by atoms with E-state index < -0.39 is 23.6 Å². The molecule has 0 bridgehead atoms. The third-order valence-corrected chi connectivity index (χ3v) is 2.33. The minimum atomic E-state index is -6.32. The van der Waals surface area contributed by atoms with Crippen molar-refractivity contribution in [2.24, 2.45) is 0 Å². The van der Waals surface area contributed by atoms with E-state index in [9.17, 15) is 30.7 Å². The Morgan fingerprint density at radius 2 is 1.50 bits per heavy atom. The van der Waals surface area contributed by atoms with Crippen molar-refractivity contribution in [2.75, 3.05) is 0 Å². The summed E-state index contributed by atoms with van der Waals surface area (Å²) < 4.78 is 87.9. The molecular formula is C11H8F7. The van der Waals surface area contributed by atoms with Crippen molar-refractivity contribution >= 4 is 0 Å². The molecule has 0 unspecified atom stereocenters. The van der Waals surface area contributed by atoms with Crippen molar-refractivity contribution < 1.29 is 30.7 Å². The lowest BCUT2D eigenvalue weighted by atomic mass is 9.99. The van der Waals surface area contributed by atoms with Crippen LogP contribution < -0.4 is 0 Å². The first-order valence-corrected chi connectivity index (χ1v) is 4.75. The summed E-state index contributed by atoms with van der Waals surface area (Å²) in [6.45, 7) is 3.34. The molecule has 0 fully saturated rings. The molecule has 0 heterocycles. The molecule has 0 spiro atoms. The van der Waals surface area contributed by atoms with Crippen LogP contribution in [-0.2, 0) is 12.3 Å². The summed E-state index contributed by atoms with van der Waals surface area (Å²) >= 11 is 0. The van der Waals surface area contributed by atoms with Crippen LogP contribution in [0.1, 0.15) is 11.1 Å². The molecule has 0 N–H and O–H groups in total. The number of rotatable bonds is 3. The number of hydrogen-bond acceptors (Lipinski definition) is 0. The number of benzene rings is 1. The van der Waals surface area contributed by atoms with Crippen LogP contribution in [-0.4, -0.2) is 12.1 Å². The Morgan fingerprint density at radius 1 is 0.944 bits per heavy atom. The first-order valence-electron chi connectivity index (χ1n) is 4.75. The van der Waals surface area contributed by atoms with Gasteiger partial charge in [-0.25, -0.2) is 0 Å². The van der Waals surface area contributed by atoms with Gasteiger partial charge >= 0.3 is 18.0 Å². The predicted molar refractivity (Wildman–Crippen MR) is 50.4 cm³/mol. The summed E-state index contributed by atoms with van der Waals surface area (Å²) in [5.41, 5.74) is -1.24. The molecule has 0 amide bonds. The van der Waals surface area contributed by atoms with Crippen LogP contribution in [0.5, 0.6) is 0 Å². The van der Waals surface area contributed by atoms with Gasteiger partial charge in [-0.15, -0.1) is 0 Å². The molecular weight excluding hydrogens is 265 g/mol. The van der Waals surface area contributed by atoms with Gasteiger partial charge in [0.15, 0.2) is 0 Å². The van der Waals surface area contributed by atoms with Crippen molar-refractivity contribution in [3.63, 3.8) is 0 Å². The highest BCUT2D eigenvalue weighted by Crippen LogP contribution is 2.51. The molecule has 1 rings (SSSR count). The largest absolute Gasteiger partial charge is 0.460 e. The SMILES string of the molecule is [CH2]Cc1cccc(C(F)(F)C(F)(F)C(F)(F)F)c1. The van der Waals surface area contributed by atoms with Crippen LogP contribution in [0.2, 0.25) is 0 Å². The van der Waals surface area contributed by atoms with E-state index in [1.54, 1.807) is 0 Å². The van der Waals surface area contributed by atoms with Crippen molar-refractivity contribution in [3.8, 4) is 0 Å². The fourth-order valence-corrected chi connectivity index (χ4v) is 1.28. The van der Waals surface area contributed by atoms with Crippen molar-refractivity contribution in [2.45, 2.75) is 24.4 Å². The second-order valence-electron chi connectivity index (χ2n) is 3.60. The molecule has 1 aromatic rings. The topological polar surface area (TPSA) is 0 Å². The smallest absolute Gasteiger partial charge is 0.194 e. The Hall–Kier alpha value is -1.27. The fourth-order valence-electron chi connectivity index (χ4n) is 1.28. The molecule has 0 aliphatic rings. The van der Waals surface area contributed by atoms with E-state index in [0.717, 1.165) is 6.07 Å². The van der Waals surface area contributed by atoms with Crippen LogP contribution in [0, 0.1) is 6.92 Å². The number of halogens is 7. The monoisotopic (exact) mass is 273 g/mol. The third-order valence-electron chi connectivity index (χ3n) is 2.33. The van der Waals surface area contributed by atoms with Crippen LogP contribution in [0.15, 0.2) is 24.3 Å². The molecule has 0 atom stereocenters. The Morgan fingerprint density at radius 3 is 1.94 bits per heavy atom. The first-order chi connectivity index (χ1) is 8.04. The predicted octanol–water partition coefficient (Wildman–Crippen LogP) is 4.35. The van der Waals surface area contributed by atoms with E-state index in [4.69, 9.17) is 0 Å². The van der Waals surface area contributed by atoms with Gasteiger partial charge in [-0.1, -0.05) is 18.2 Å². The van der Waals surface area contributed by atoms with Gasteiger partial charge in [-0.05, 0) is 25.0 Å². The highest BCUT2D eigenvalue weighted by molar-refractivity contribution is 5.29. The molecule has 1 aromatic carbocycles. The van der Waals surface area contributed by atoms with E-state index in [1.807, 2.05) is 0 Å². The van der Waals surface area contributed by atoms with E-state index in [-0.39, 0.29) is 12.0 Å². The summed E-state index contributed by atoms with van der Waals surface area (Å²) in [5, 5.41) is 0. The van der Waals surface area contributed by atoms with E-state index >= 15 is 0 Å². The molecule has 0 aliphatic heterocycles. The van der Waals surface area contributed by atoms with E-state index in [2.05, 4.69) is 6.92 Å². The molecule has 0 aliphatic carbocycles. The molecule has 0 saturated heterocycles. The maximum Gasteiger partial charge on any atom is 0.460 e. The Kier molecular flexibility index (Phi) is 3.65. The van der Waals surface area contributed by atoms with Crippen molar-refractivity contribution in [3.05, 3.63) is 42.3 Å². The van der Waals surface area contributed by atoms with E-state index in [0.29, 0.717) is 12.1 Å². The minimum absolute atomic E-state index is 0.00150. The van der Waals surface area contributed by atoms with Gasteiger partial charge < -0.3 is 0 Å². The second kappa shape index (κ2) is 4.44. The molecule has 7 heteroatoms.